The van der Waals surface area contributed by atoms with Gasteiger partial charge in [0.2, 0.25) is 0 Å². The zero-order valence-corrected chi connectivity index (χ0v) is 12.6. The number of hydrogen-bond donors (Lipinski definition) is 0. The average Bonchev–Trinajstić information content (AvgIpc) is 3.13. The number of hydrogen-bond acceptors (Lipinski definition) is 5. The molecule has 0 fully saturated rings. The molecule has 0 atom stereocenters. The number of thiophene rings is 1. The Labute approximate surface area is 130 Å². The molecule has 2 aliphatic rings. The Morgan fingerprint density at radius 2 is 2.29 bits per heavy atom. The molecule has 4 heterocycles. The molecule has 0 aliphatic carbocycles. The van der Waals surface area contributed by atoms with Crippen LogP contribution >= 0.6 is 22.9 Å². The van der Waals surface area contributed by atoms with E-state index in [0.717, 1.165) is 27.1 Å². The summed E-state index contributed by atoms with van der Waals surface area (Å²) >= 11 is 7.78. The molecular weight excluding hydrogens is 308 g/mol. The van der Waals surface area contributed by atoms with Gasteiger partial charge in [0.1, 0.15) is 16.3 Å². The fraction of sp³-hybridized carbons (Fsp3) is 0.286. The molecule has 5 nitrogen and oxygen atoms in total. The second-order valence-corrected chi connectivity index (χ2v) is 6.46. The molecule has 2 aromatic rings. The van der Waals surface area contributed by atoms with E-state index in [1.54, 1.807) is 23.8 Å². The van der Waals surface area contributed by atoms with Gasteiger partial charge in [-0.1, -0.05) is 11.6 Å². The van der Waals surface area contributed by atoms with Gasteiger partial charge in [-0.25, -0.2) is 9.97 Å². The summed E-state index contributed by atoms with van der Waals surface area (Å²) in [6.45, 7) is 1.31. The molecule has 0 saturated carbocycles. The summed E-state index contributed by atoms with van der Waals surface area (Å²) in [6, 6.07) is 0. The number of aliphatic imine (C=N–C) groups is 1. The van der Waals surface area contributed by atoms with Gasteiger partial charge >= 0.3 is 0 Å². The van der Waals surface area contributed by atoms with Crippen LogP contribution in [0.25, 0.3) is 10.2 Å². The second kappa shape index (κ2) is 4.89. The first kappa shape index (κ1) is 12.9. The van der Waals surface area contributed by atoms with E-state index in [9.17, 15) is 4.79 Å². The van der Waals surface area contributed by atoms with Crippen LogP contribution < -0.4 is 0 Å². The maximum absolute atomic E-state index is 12.4. The van der Waals surface area contributed by atoms with Crippen LogP contribution in [0.15, 0.2) is 23.1 Å². The van der Waals surface area contributed by atoms with Crippen molar-refractivity contribution >= 4 is 45.3 Å². The largest absolute Gasteiger partial charge is 0.333 e. The van der Waals surface area contributed by atoms with Gasteiger partial charge in [-0.2, -0.15) is 0 Å². The Morgan fingerprint density at radius 1 is 1.38 bits per heavy atom. The van der Waals surface area contributed by atoms with Gasteiger partial charge in [-0.15, -0.1) is 11.3 Å². The Hall–Kier alpha value is -1.79. The number of nitrogens with zero attached hydrogens (tertiary/aromatic N) is 4. The maximum atomic E-state index is 12.4. The van der Waals surface area contributed by atoms with Crippen molar-refractivity contribution < 1.29 is 4.79 Å². The van der Waals surface area contributed by atoms with Gasteiger partial charge in [-0.3, -0.25) is 9.79 Å². The third-order valence-corrected chi connectivity index (χ3v) is 5.21. The minimum atomic E-state index is 0.0767. The van der Waals surface area contributed by atoms with Crippen LogP contribution in [0.3, 0.4) is 0 Å². The number of carbonyl (C=O) groups is 1. The molecule has 0 N–H and O–H groups in total. The lowest BCUT2D eigenvalue weighted by Gasteiger charge is -2.27. The van der Waals surface area contributed by atoms with Crippen LogP contribution in [0.5, 0.6) is 0 Å². The Balaban J connectivity index is 1.68. The van der Waals surface area contributed by atoms with Crippen molar-refractivity contribution in [3.63, 3.8) is 0 Å². The Morgan fingerprint density at radius 3 is 3.10 bits per heavy atom. The second-order valence-electron chi connectivity index (χ2n) is 5.02. The number of fused-ring (bicyclic) bond motifs is 3. The molecule has 0 aromatic carbocycles. The summed E-state index contributed by atoms with van der Waals surface area (Å²) < 4.78 is 0. The lowest BCUT2D eigenvalue weighted by molar-refractivity contribution is -0.128. The van der Waals surface area contributed by atoms with E-state index in [2.05, 4.69) is 15.0 Å². The van der Waals surface area contributed by atoms with E-state index >= 15 is 0 Å². The van der Waals surface area contributed by atoms with Crippen LogP contribution in [-0.2, 0) is 17.8 Å². The molecule has 7 heteroatoms. The highest BCUT2D eigenvalue weighted by molar-refractivity contribution is 7.19. The summed E-state index contributed by atoms with van der Waals surface area (Å²) in [7, 11) is 0. The minimum absolute atomic E-state index is 0.0767. The third-order valence-electron chi connectivity index (χ3n) is 3.80. The van der Waals surface area contributed by atoms with Crippen molar-refractivity contribution in [2.45, 2.75) is 19.4 Å². The van der Waals surface area contributed by atoms with Crippen molar-refractivity contribution in [3.8, 4) is 0 Å². The van der Waals surface area contributed by atoms with Crippen LogP contribution in [0.4, 0.5) is 0 Å². The monoisotopic (exact) mass is 318 g/mol. The predicted octanol–water partition coefficient (Wildman–Crippen LogP) is 2.59. The van der Waals surface area contributed by atoms with E-state index in [-0.39, 0.29) is 5.91 Å². The van der Waals surface area contributed by atoms with Crippen LogP contribution in [0.1, 0.15) is 16.9 Å². The van der Waals surface area contributed by atoms with Gasteiger partial charge in [0.05, 0.1) is 11.9 Å². The average molecular weight is 319 g/mol. The van der Waals surface area contributed by atoms with Crippen LogP contribution in [0.2, 0.25) is 5.15 Å². The fourth-order valence-corrected chi connectivity index (χ4v) is 4.26. The SMILES string of the molecule is O=C(C1=CN=CC1)N1CCc2c(sc3ncnc(Cl)c23)C1. The molecular formula is C14H11ClN4OS. The first-order valence-corrected chi connectivity index (χ1v) is 7.84. The molecule has 1 amide bonds. The summed E-state index contributed by atoms with van der Waals surface area (Å²) in [5.41, 5.74) is 1.96. The van der Waals surface area contributed by atoms with Gasteiger partial charge in [0, 0.05) is 35.8 Å². The highest BCUT2D eigenvalue weighted by atomic mass is 35.5. The van der Waals surface area contributed by atoms with Crippen molar-refractivity contribution in [1.82, 2.24) is 14.9 Å². The van der Waals surface area contributed by atoms with Crippen LogP contribution in [0, 0.1) is 0 Å². The summed E-state index contributed by atoms with van der Waals surface area (Å²) in [5.74, 6) is 0.0767. The highest BCUT2D eigenvalue weighted by Crippen LogP contribution is 2.37. The minimum Gasteiger partial charge on any atom is -0.333 e. The fourth-order valence-electron chi connectivity index (χ4n) is 2.75. The lowest BCUT2D eigenvalue weighted by atomic mass is 10.0. The molecule has 106 valence electrons. The van der Waals surface area contributed by atoms with Gasteiger partial charge in [-0.05, 0) is 12.0 Å². The standard InChI is InChI=1S/C14H11ClN4OS/c15-12-11-9-2-4-19(14(20)8-1-3-16-5-8)6-10(9)21-13(11)18-7-17-12/h3,5,7H,1-2,4,6H2. The molecule has 2 aromatic heterocycles. The van der Waals surface area contributed by atoms with Gasteiger partial charge in [0.15, 0.2) is 0 Å². The highest BCUT2D eigenvalue weighted by Gasteiger charge is 2.27. The van der Waals surface area contributed by atoms with Crippen molar-refractivity contribution in [2.24, 2.45) is 4.99 Å². The Bertz CT molecular complexity index is 811. The van der Waals surface area contributed by atoms with E-state index in [1.165, 1.54) is 11.9 Å². The van der Waals surface area contributed by atoms with Crippen molar-refractivity contribution in [2.75, 3.05) is 6.54 Å². The van der Waals surface area contributed by atoms with E-state index in [1.807, 2.05) is 4.90 Å². The molecule has 0 saturated heterocycles. The number of rotatable bonds is 1. The summed E-state index contributed by atoms with van der Waals surface area (Å²) in [4.78, 5) is 28.7. The molecule has 2 aliphatic heterocycles. The lowest BCUT2D eigenvalue weighted by Crippen LogP contribution is -2.36. The zero-order chi connectivity index (χ0) is 14.4. The topological polar surface area (TPSA) is 58.5 Å². The van der Waals surface area contributed by atoms with Gasteiger partial charge < -0.3 is 4.90 Å². The normalized spacial score (nSPS) is 17.2. The van der Waals surface area contributed by atoms with Crippen molar-refractivity contribution in [3.05, 3.63) is 33.7 Å². The van der Waals surface area contributed by atoms with Crippen LogP contribution in [-0.4, -0.2) is 33.5 Å². The van der Waals surface area contributed by atoms with E-state index in [0.29, 0.717) is 24.7 Å². The first-order valence-electron chi connectivity index (χ1n) is 6.65. The Kier molecular flexibility index (Phi) is 3.01. The number of amides is 1. The van der Waals surface area contributed by atoms with E-state index < -0.39 is 0 Å². The van der Waals surface area contributed by atoms with E-state index in [4.69, 9.17) is 11.6 Å². The predicted molar refractivity (Wildman–Crippen MR) is 82.7 cm³/mol. The quantitative estimate of drug-likeness (QED) is 0.759. The number of halogens is 1. The molecule has 0 unspecified atom stereocenters. The maximum Gasteiger partial charge on any atom is 0.252 e. The molecule has 21 heavy (non-hydrogen) atoms. The molecule has 4 rings (SSSR count). The summed E-state index contributed by atoms with van der Waals surface area (Å²) in [6.07, 6.45) is 6.33. The van der Waals surface area contributed by atoms with Gasteiger partial charge in [0.25, 0.3) is 5.91 Å². The third kappa shape index (κ3) is 2.06. The van der Waals surface area contributed by atoms with Crippen molar-refractivity contribution in [1.29, 1.82) is 0 Å². The first-order chi connectivity index (χ1) is 10.2. The zero-order valence-electron chi connectivity index (χ0n) is 11.0. The summed E-state index contributed by atoms with van der Waals surface area (Å²) in [5, 5.41) is 1.46. The number of aromatic nitrogens is 2. The number of carbonyl (C=O) groups excluding carboxylic acids is 1. The molecule has 0 spiro atoms. The smallest absolute Gasteiger partial charge is 0.252 e. The molecule has 0 bridgehead atoms. The molecule has 0 radical (unpaired) electrons.